The first-order valence-electron chi connectivity index (χ1n) is 8.31. The van der Waals surface area contributed by atoms with E-state index in [2.05, 4.69) is 40.2 Å². The van der Waals surface area contributed by atoms with Crippen LogP contribution in [0.3, 0.4) is 0 Å². The Hall–Kier alpha value is -2.85. The van der Waals surface area contributed by atoms with Crippen molar-refractivity contribution in [3.8, 4) is 34.0 Å². The maximum Gasteiger partial charge on any atom is 0.118 e. The molecule has 0 radical (unpaired) electrons. The van der Waals surface area contributed by atoms with E-state index in [1.54, 1.807) is 7.11 Å². The van der Waals surface area contributed by atoms with Crippen LogP contribution >= 0.6 is 15.9 Å². The van der Waals surface area contributed by atoms with E-state index in [9.17, 15) is 0 Å². The summed E-state index contributed by atoms with van der Waals surface area (Å²) in [6, 6.07) is 28.4. The average Bonchev–Trinajstić information content (AvgIpc) is 3.06. The summed E-state index contributed by atoms with van der Waals surface area (Å²) in [7, 11) is 1.67. The Morgan fingerprint density at radius 3 is 2.00 bits per heavy atom. The molecule has 0 fully saturated rings. The second-order valence-electron chi connectivity index (χ2n) is 5.85. The Labute approximate surface area is 161 Å². The Balaban J connectivity index is 1.93. The first-order valence-corrected chi connectivity index (χ1v) is 9.11. The third kappa shape index (κ3) is 3.04. The number of rotatable bonds is 4. The van der Waals surface area contributed by atoms with E-state index >= 15 is 0 Å². The van der Waals surface area contributed by atoms with Crippen molar-refractivity contribution in [2.24, 2.45) is 0 Å². The van der Waals surface area contributed by atoms with Gasteiger partial charge in [-0.2, -0.15) is 5.10 Å². The van der Waals surface area contributed by atoms with Crippen molar-refractivity contribution in [3.63, 3.8) is 0 Å². The van der Waals surface area contributed by atoms with Crippen LogP contribution in [0.5, 0.6) is 5.75 Å². The van der Waals surface area contributed by atoms with Crippen LogP contribution in [0.25, 0.3) is 28.2 Å². The number of hydrogen-bond acceptors (Lipinski definition) is 2. The second-order valence-corrected chi connectivity index (χ2v) is 6.65. The molecule has 3 nitrogen and oxygen atoms in total. The molecule has 0 N–H and O–H groups in total. The summed E-state index contributed by atoms with van der Waals surface area (Å²) in [4.78, 5) is 0. The van der Waals surface area contributed by atoms with Crippen LogP contribution in [0.4, 0.5) is 0 Å². The maximum atomic E-state index is 5.27. The number of ether oxygens (including phenoxy) is 1. The molecule has 1 heterocycles. The summed E-state index contributed by atoms with van der Waals surface area (Å²) in [5, 5.41) is 4.91. The molecule has 4 heteroatoms. The fourth-order valence-corrected chi connectivity index (χ4v) is 3.64. The minimum absolute atomic E-state index is 0.829. The number of para-hydroxylation sites is 1. The molecule has 4 rings (SSSR count). The highest BCUT2D eigenvalue weighted by Gasteiger charge is 2.19. The monoisotopic (exact) mass is 404 g/mol. The molecular weight excluding hydrogens is 388 g/mol. The molecule has 4 aromatic rings. The lowest BCUT2D eigenvalue weighted by Crippen LogP contribution is -1.99. The maximum absolute atomic E-state index is 5.27. The second kappa shape index (κ2) is 7.18. The molecule has 0 saturated heterocycles. The first kappa shape index (κ1) is 16.6. The molecular formula is C22H17BrN2O. The van der Waals surface area contributed by atoms with Gasteiger partial charge in [0.2, 0.25) is 0 Å². The highest BCUT2D eigenvalue weighted by molar-refractivity contribution is 9.10. The quantitative estimate of drug-likeness (QED) is 0.418. The van der Waals surface area contributed by atoms with Gasteiger partial charge in [0.25, 0.3) is 0 Å². The van der Waals surface area contributed by atoms with Crippen molar-refractivity contribution in [1.82, 2.24) is 9.78 Å². The normalized spacial score (nSPS) is 10.7. The predicted octanol–water partition coefficient (Wildman–Crippen LogP) is 5.98. The molecule has 0 saturated carbocycles. The van der Waals surface area contributed by atoms with Crippen molar-refractivity contribution in [2.75, 3.05) is 7.11 Å². The molecule has 1 aromatic heterocycles. The number of nitrogens with zero attached hydrogens (tertiary/aromatic N) is 2. The Morgan fingerprint density at radius 1 is 0.769 bits per heavy atom. The largest absolute Gasteiger partial charge is 0.497 e. The molecule has 3 aromatic carbocycles. The van der Waals surface area contributed by atoms with Gasteiger partial charge in [0.1, 0.15) is 11.4 Å². The zero-order valence-electron chi connectivity index (χ0n) is 14.3. The van der Waals surface area contributed by atoms with Crippen molar-refractivity contribution in [3.05, 3.63) is 89.4 Å². The lowest BCUT2D eigenvalue weighted by atomic mass is 10.1. The minimum atomic E-state index is 0.829. The van der Waals surface area contributed by atoms with E-state index in [1.807, 2.05) is 65.3 Å². The fourth-order valence-electron chi connectivity index (χ4n) is 2.93. The van der Waals surface area contributed by atoms with Gasteiger partial charge >= 0.3 is 0 Å². The smallest absolute Gasteiger partial charge is 0.118 e. The molecule has 0 aliphatic rings. The number of halogens is 1. The van der Waals surface area contributed by atoms with Gasteiger partial charge in [-0.15, -0.1) is 0 Å². The highest BCUT2D eigenvalue weighted by atomic mass is 79.9. The van der Waals surface area contributed by atoms with Crippen molar-refractivity contribution in [2.45, 2.75) is 0 Å². The van der Waals surface area contributed by atoms with Gasteiger partial charge in [-0.25, -0.2) is 4.68 Å². The highest BCUT2D eigenvalue weighted by Crippen LogP contribution is 2.38. The van der Waals surface area contributed by atoms with Crippen molar-refractivity contribution < 1.29 is 4.74 Å². The Bertz CT molecular complexity index is 1010. The van der Waals surface area contributed by atoms with Crippen LogP contribution in [0.1, 0.15) is 0 Å². The number of hydrogen-bond donors (Lipinski definition) is 0. The van der Waals surface area contributed by atoms with Crippen LogP contribution < -0.4 is 4.74 Å². The molecule has 0 aliphatic heterocycles. The Morgan fingerprint density at radius 2 is 1.38 bits per heavy atom. The molecule has 26 heavy (non-hydrogen) atoms. The van der Waals surface area contributed by atoms with Gasteiger partial charge in [0, 0.05) is 11.1 Å². The summed E-state index contributed by atoms with van der Waals surface area (Å²) in [6.07, 6.45) is 0. The van der Waals surface area contributed by atoms with Gasteiger partial charge in [0.15, 0.2) is 0 Å². The van der Waals surface area contributed by atoms with Crippen molar-refractivity contribution in [1.29, 1.82) is 0 Å². The summed E-state index contributed by atoms with van der Waals surface area (Å²) in [6.45, 7) is 0. The third-order valence-electron chi connectivity index (χ3n) is 4.24. The van der Waals surface area contributed by atoms with Gasteiger partial charge in [-0.1, -0.05) is 48.5 Å². The zero-order chi connectivity index (χ0) is 17.9. The molecule has 0 atom stereocenters. The van der Waals surface area contributed by atoms with Crippen LogP contribution in [-0.2, 0) is 0 Å². The van der Waals surface area contributed by atoms with E-state index in [0.29, 0.717) is 0 Å². The molecule has 0 aliphatic carbocycles. The minimum Gasteiger partial charge on any atom is -0.497 e. The van der Waals surface area contributed by atoms with Gasteiger partial charge < -0.3 is 4.74 Å². The predicted molar refractivity (Wildman–Crippen MR) is 109 cm³/mol. The standard InChI is InChI=1S/C22H17BrN2O/c1-26-19-14-12-16(13-15-19)21-20(23)22(17-8-4-2-5-9-17)25(24-21)18-10-6-3-7-11-18/h2-15H,1H3. The summed E-state index contributed by atoms with van der Waals surface area (Å²) >= 11 is 3.79. The van der Waals surface area contributed by atoms with E-state index in [1.165, 1.54) is 0 Å². The average molecular weight is 405 g/mol. The van der Waals surface area contributed by atoms with Gasteiger partial charge in [-0.3, -0.25) is 0 Å². The van der Waals surface area contributed by atoms with Crippen LogP contribution in [0, 0.1) is 0 Å². The SMILES string of the molecule is COc1ccc(-c2nn(-c3ccccc3)c(-c3ccccc3)c2Br)cc1. The topological polar surface area (TPSA) is 27.1 Å². The fraction of sp³-hybridized carbons (Fsp3) is 0.0455. The molecule has 128 valence electrons. The van der Waals surface area contributed by atoms with E-state index in [0.717, 1.165) is 38.4 Å². The van der Waals surface area contributed by atoms with E-state index in [-0.39, 0.29) is 0 Å². The van der Waals surface area contributed by atoms with Crippen molar-refractivity contribution >= 4 is 15.9 Å². The summed E-state index contributed by atoms with van der Waals surface area (Å²) < 4.78 is 8.22. The molecule has 0 spiro atoms. The van der Waals surface area contributed by atoms with Crippen LogP contribution in [0.2, 0.25) is 0 Å². The first-order chi connectivity index (χ1) is 12.8. The number of aromatic nitrogens is 2. The van der Waals surface area contributed by atoms with Crippen LogP contribution in [0.15, 0.2) is 89.4 Å². The molecule has 0 unspecified atom stereocenters. The zero-order valence-corrected chi connectivity index (χ0v) is 15.8. The lowest BCUT2D eigenvalue weighted by Gasteiger charge is -2.07. The van der Waals surface area contributed by atoms with E-state index in [4.69, 9.17) is 9.84 Å². The lowest BCUT2D eigenvalue weighted by molar-refractivity contribution is 0.415. The van der Waals surface area contributed by atoms with Gasteiger partial charge in [-0.05, 0) is 52.3 Å². The molecule has 0 bridgehead atoms. The number of methoxy groups -OCH3 is 1. The summed E-state index contributed by atoms with van der Waals surface area (Å²) in [5.41, 5.74) is 5.09. The third-order valence-corrected chi connectivity index (χ3v) is 4.99. The van der Waals surface area contributed by atoms with Crippen LogP contribution in [-0.4, -0.2) is 16.9 Å². The summed E-state index contributed by atoms with van der Waals surface area (Å²) in [5.74, 6) is 0.829. The Kier molecular flexibility index (Phi) is 4.59. The van der Waals surface area contributed by atoms with E-state index < -0.39 is 0 Å². The van der Waals surface area contributed by atoms with Gasteiger partial charge in [0.05, 0.1) is 23.0 Å². The molecule has 0 amide bonds. The number of benzene rings is 3.